The van der Waals surface area contributed by atoms with E-state index in [1.807, 2.05) is 10.6 Å². The molecule has 0 aromatic carbocycles. The van der Waals surface area contributed by atoms with Crippen molar-refractivity contribution in [1.29, 1.82) is 0 Å². The average molecular weight is 301 g/mol. The van der Waals surface area contributed by atoms with Gasteiger partial charge in [0.05, 0.1) is 0 Å². The highest BCUT2D eigenvalue weighted by Gasteiger charge is 2.25. The summed E-state index contributed by atoms with van der Waals surface area (Å²) in [6.45, 7) is 13.3. The molecule has 0 radical (unpaired) electrons. The van der Waals surface area contributed by atoms with E-state index >= 15 is 0 Å². The maximum absolute atomic E-state index is 4.83. The largest absolute Gasteiger partial charge is 0.355 e. The molecule has 0 aliphatic carbocycles. The number of rotatable bonds is 1. The molecule has 3 rings (SSSR count). The Hall–Kier alpha value is -1.65. The van der Waals surface area contributed by atoms with E-state index in [9.17, 15) is 0 Å². The summed E-state index contributed by atoms with van der Waals surface area (Å²) in [6, 6.07) is 4.11. The predicted molar refractivity (Wildman–Crippen MR) is 89.3 cm³/mol. The normalized spacial score (nSPS) is 19.4. The molecule has 2 aromatic heterocycles. The molecule has 1 fully saturated rings. The van der Waals surface area contributed by atoms with Gasteiger partial charge in [-0.25, -0.2) is 0 Å². The lowest BCUT2D eigenvalue weighted by Crippen LogP contribution is -2.27. The zero-order chi connectivity index (χ0) is 16.0. The fourth-order valence-corrected chi connectivity index (χ4v) is 3.07. The van der Waals surface area contributed by atoms with Gasteiger partial charge >= 0.3 is 0 Å². The zero-order valence-corrected chi connectivity index (χ0v) is 14.4. The van der Waals surface area contributed by atoms with Crippen molar-refractivity contribution in [3.05, 3.63) is 18.0 Å². The van der Waals surface area contributed by atoms with Gasteiger partial charge in [-0.3, -0.25) is 0 Å². The fraction of sp³-hybridized carbons (Fsp3) is 0.706. The molecule has 0 N–H and O–H groups in total. The fourth-order valence-electron chi connectivity index (χ4n) is 3.07. The van der Waals surface area contributed by atoms with Gasteiger partial charge in [-0.05, 0) is 36.8 Å². The number of hydrogen-bond donors (Lipinski definition) is 0. The van der Waals surface area contributed by atoms with Gasteiger partial charge < -0.3 is 4.90 Å². The molecule has 0 spiro atoms. The summed E-state index contributed by atoms with van der Waals surface area (Å²) < 4.78 is 1.91. The SMILES string of the molecule is CC1(C)CCCN(c2ccc3nnc(C(C)(C)C)n3n2)CC1. The van der Waals surface area contributed by atoms with Crippen LogP contribution in [0.4, 0.5) is 5.82 Å². The van der Waals surface area contributed by atoms with E-state index < -0.39 is 0 Å². The molecule has 5 nitrogen and oxygen atoms in total. The van der Waals surface area contributed by atoms with Gasteiger partial charge in [0.1, 0.15) is 5.82 Å². The first kappa shape index (κ1) is 15.3. The Labute approximate surface area is 132 Å². The predicted octanol–water partition coefficient (Wildman–Crippen LogP) is 3.44. The minimum absolute atomic E-state index is 0.0637. The second-order valence-electron chi connectivity index (χ2n) is 8.24. The Bertz CT molecular complexity index is 665. The van der Waals surface area contributed by atoms with E-state index in [1.165, 1.54) is 19.3 Å². The minimum Gasteiger partial charge on any atom is -0.355 e. The van der Waals surface area contributed by atoms with Crippen LogP contribution in [0.25, 0.3) is 5.65 Å². The third kappa shape index (κ3) is 2.94. The number of anilines is 1. The zero-order valence-electron chi connectivity index (χ0n) is 14.4. The van der Waals surface area contributed by atoms with Crippen LogP contribution in [0.15, 0.2) is 12.1 Å². The minimum atomic E-state index is -0.0637. The van der Waals surface area contributed by atoms with E-state index in [4.69, 9.17) is 5.10 Å². The lowest BCUT2D eigenvalue weighted by molar-refractivity contribution is 0.325. The monoisotopic (exact) mass is 301 g/mol. The molecule has 1 aliphatic heterocycles. The van der Waals surface area contributed by atoms with Crippen molar-refractivity contribution in [1.82, 2.24) is 19.8 Å². The summed E-state index contributed by atoms with van der Waals surface area (Å²) >= 11 is 0. The van der Waals surface area contributed by atoms with Gasteiger partial charge in [0.25, 0.3) is 0 Å². The number of nitrogens with zero attached hydrogens (tertiary/aromatic N) is 5. The first-order valence-corrected chi connectivity index (χ1v) is 8.24. The van der Waals surface area contributed by atoms with Crippen LogP contribution in [0.3, 0.4) is 0 Å². The molecule has 2 aromatic rings. The van der Waals surface area contributed by atoms with E-state index in [2.05, 4.69) is 55.8 Å². The van der Waals surface area contributed by atoms with Gasteiger partial charge in [-0.2, -0.15) is 4.52 Å². The molecule has 1 saturated heterocycles. The molecule has 0 bridgehead atoms. The Morgan fingerprint density at radius 1 is 1.05 bits per heavy atom. The molecular weight excluding hydrogens is 274 g/mol. The van der Waals surface area contributed by atoms with E-state index in [1.54, 1.807) is 0 Å². The van der Waals surface area contributed by atoms with Gasteiger partial charge in [-0.1, -0.05) is 34.6 Å². The maximum atomic E-state index is 4.83. The standard InChI is InChI=1S/C17H27N5/c1-16(2,3)15-19-18-13-7-8-14(20-22(13)15)21-11-6-9-17(4,5)10-12-21/h7-8H,6,9-12H2,1-5H3. The van der Waals surface area contributed by atoms with Crippen LogP contribution in [-0.2, 0) is 5.41 Å². The van der Waals surface area contributed by atoms with Crippen molar-refractivity contribution in [2.75, 3.05) is 18.0 Å². The first-order chi connectivity index (χ1) is 10.3. The Kier molecular flexibility index (Phi) is 3.62. The average Bonchev–Trinajstić information content (AvgIpc) is 2.76. The smallest absolute Gasteiger partial charge is 0.178 e. The van der Waals surface area contributed by atoms with E-state index in [-0.39, 0.29) is 5.41 Å². The van der Waals surface area contributed by atoms with Crippen molar-refractivity contribution in [2.45, 2.75) is 59.3 Å². The first-order valence-electron chi connectivity index (χ1n) is 8.24. The third-order valence-electron chi connectivity index (χ3n) is 4.58. The lowest BCUT2D eigenvalue weighted by Gasteiger charge is -2.24. The molecule has 1 aliphatic rings. The highest BCUT2D eigenvalue weighted by atomic mass is 15.4. The second kappa shape index (κ2) is 5.21. The summed E-state index contributed by atoms with van der Waals surface area (Å²) in [6.07, 6.45) is 3.72. The van der Waals surface area contributed by atoms with Crippen LogP contribution in [0.2, 0.25) is 0 Å². The van der Waals surface area contributed by atoms with Crippen LogP contribution in [0, 0.1) is 5.41 Å². The van der Waals surface area contributed by atoms with E-state index in [0.29, 0.717) is 5.41 Å². The quantitative estimate of drug-likeness (QED) is 0.809. The Morgan fingerprint density at radius 3 is 2.55 bits per heavy atom. The second-order valence-corrected chi connectivity index (χ2v) is 8.24. The molecule has 3 heterocycles. The van der Waals surface area contributed by atoms with Crippen LogP contribution >= 0.6 is 0 Å². The molecule has 22 heavy (non-hydrogen) atoms. The van der Waals surface area contributed by atoms with Crippen molar-refractivity contribution >= 4 is 11.5 Å². The summed E-state index contributed by atoms with van der Waals surface area (Å²) in [5, 5.41) is 13.4. The summed E-state index contributed by atoms with van der Waals surface area (Å²) in [7, 11) is 0. The van der Waals surface area contributed by atoms with Crippen LogP contribution in [-0.4, -0.2) is 32.9 Å². The number of aromatic nitrogens is 4. The van der Waals surface area contributed by atoms with Crippen LogP contribution in [0.1, 0.15) is 59.7 Å². The molecule has 0 atom stereocenters. The van der Waals surface area contributed by atoms with Crippen molar-refractivity contribution in [3.8, 4) is 0 Å². The summed E-state index contributed by atoms with van der Waals surface area (Å²) in [5.41, 5.74) is 1.20. The van der Waals surface area contributed by atoms with Gasteiger partial charge in [-0.15, -0.1) is 15.3 Å². The molecule has 0 unspecified atom stereocenters. The van der Waals surface area contributed by atoms with E-state index in [0.717, 1.165) is 30.4 Å². The molecular formula is C17H27N5. The molecule has 0 amide bonds. The Morgan fingerprint density at radius 2 is 1.82 bits per heavy atom. The topological polar surface area (TPSA) is 46.3 Å². The van der Waals surface area contributed by atoms with Gasteiger partial charge in [0.15, 0.2) is 11.5 Å². The van der Waals surface area contributed by atoms with Crippen LogP contribution < -0.4 is 4.90 Å². The molecule has 120 valence electrons. The number of hydrogen-bond acceptors (Lipinski definition) is 4. The highest BCUT2D eigenvalue weighted by Crippen LogP contribution is 2.31. The van der Waals surface area contributed by atoms with Gasteiger partial charge in [0.2, 0.25) is 0 Å². The van der Waals surface area contributed by atoms with Crippen molar-refractivity contribution in [2.24, 2.45) is 5.41 Å². The van der Waals surface area contributed by atoms with Crippen molar-refractivity contribution in [3.63, 3.8) is 0 Å². The van der Waals surface area contributed by atoms with Crippen LogP contribution in [0.5, 0.6) is 0 Å². The lowest BCUT2D eigenvalue weighted by atomic mass is 9.85. The molecule has 0 saturated carbocycles. The summed E-state index contributed by atoms with van der Waals surface area (Å²) in [5.74, 6) is 1.95. The van der Waals surface area contributed by atoms with Gasteiger partial charge in [0, 0.05) is 18.5 Å². The Balaban J connectivity index is 1.94. The number of fused-ring (bicyclic) bond motifs is 1. The molecule has 5 heteroatoms. The summed E-state index contributed by atoms with van der Waals surface area (Å²) in [4.78, 5) is 2.40. The van der Waals surface area contributed by atoms with Crippen molar-refractivity contribution < 1.29 is 0 Å². The third-order valence-corrected chi connectivity index (χ3v) is 4.58. The maximum Gasteiger partial charge on any atom is 0.178 e. The highest BCUT2D eigenvalue weighted by molar-refractivity contribution is 5.46.